The van der Waals surface area contributed by atoms with E-state index >= 15 is 0 Å². The molecular formula is C16H35CuN. The van der Waals surface area contributed by atoms with Gasteiger partial charge in [0.1, 0.15) is 0 Å². The molecule has 0 rings (SSSR count). The van der Waals surface area contributed by atoms with E-state index in [0.717, 1.165) is 6.54 Å². The molecule has 0 unspecified atom stereocenters. The molecule has 0 fully saturated rings. The Bertz CT molecular complexity index is 114. The smallest absolute Gasteiger partial charge is 0 e. The molecule has 0 aliphatic heterocycles. The van der Waals surface area contributed by atoms with Gasteiger partial charge in [0.05, 0.1) is 0 Å². The summed E-state index contributed by atoms with van der Waals surface area (Å²) in [5.74, 6) is 0. The Morgan fingerprint density at radius 2 is 0.778 bits per heavy atom. The van der Waals surface area contributed by atoms with Gasteiger partial charge in [0.15, 0.2) is 0 Å². The molecule has 0 aromatic carbocycles. The van der Waals surface area contributed by atoms with Gasteiger partial charge in [0.2, 0.25) is 0 Å². The minimum Gasteiger partial charge on any atom is -0.330 e. The van der Waals surface area contributed by atoms with Crippen molar-refractivity contribution in [2.75, 3.05) is 6.54 Å². The molecule has 0 spiro atoms. The third kappa shape index (κ3) is 18.8. The Labute approximate surface area is 126 Å². The maximum Gasteiger partial charge on any atom is 0 e. The van der Waals surface area contributed by atoms with Crippen LogP contribution in [0.3, 0.4) is 0 Å². The molecule has 0 heterocycles. The van der Waals surface area contributed by atoms with Crippen LogP contribution >= 0.6 is 0 Å². The maximum absolute atomic E-state index is 5.47. The molecule has 0 amide bonds. The minimum absolute atomic E-state index is 0. The molecule has 0 aromatic heterocycles. The van der Waals surface area contributed by atoms with Gasteiger partial charge >= 0.3 is 0 Å². The largest absolute Gasteiger partial charge is 0.330 e. The summed E-state index contributed by atoms with van der Waals surface area (Å²) in [6.45, 7) is 3.16. The zero-order valence-corrected chi connectivity index (χ0v) is 13.4. The monoisotopic (exact) mass is 304 g/mol. The van der Waals surface area contributed by atoms with Crippen molar-refractivity contribution in [1.82, 2.24) is 0 Å². The Kier molecular flexibility index (Phi) is 22.9. The fraction of sp³-hybridized carbons (Fsp3) is 1.00. The summed E-state index contributed by atoms with van der Waals surface area (Å²) in [4.78, 5) is 0. The summed E-state index contributed by atoms with van der Waals surface area (Å²) in [5.41, 5.74) is 5.47. The quantitative estimate of drug-likeness (QED) is 0.336. The molecule has 0 bridgehead atoms. The van der Waals surface area contributed by atoms with Gasteiger partial charge in [-0.15, -0.1) is 0 Å². The van der Waals surface area contributed by atoms with E-state index in [0.29, 0.717) is 0 Å². The molecule has 0 aromatic rings. The number of rotatable bonds is 14. The van der Waals surface area contributed by atoms with Gasteiger partial charge in [-0.1, -0.05) is 90.4 Å². The van der Waals surface area contributed by atoms with E-state index in [1.54, 1.807) is 0 Å². The Balaban J connectivity index is 0. The molecule has 2 N–H and O–H groups in total. The molecule has 18 heavy (non-hydrogen) atoms. The topological polar surface area (TPSA) is 26.0 Å². The van der Waals surface area contributed by atoms with E-state index in [1.165, 1.54) is 89.9 Å². The number of hydrogen-bond acceptors (Lipinski definition) is 1. The SMILES string of the molecule is CCCCCCCCCCCCCCCCN.[Cu]. The first-order chi connectivity index (χ1) is 8.41. The first-order valence-corrected chi connectivity index (χ1v) is 8.12. The zero-order chi connectivity index (χ0) is 12.6. The van der Waals surface area contributed by atoms with E-state index in [1.807, 2.05) is 0 Å². The molecule has 0 atom stereocenters. The van der Waals surface area contributed by atoms with Gasteiger partial charge in [-0.2, -0.15) is 0 Å². The summed E-state index contributed by atoms with van der Waals surface area (Å²) < 4.78 is 0. The average molecular weight is 305 g/mol. The molecule has 2 heteroatoms. The fourth-order valence-electron chi connectivity index (χ4n) is 2.34. The molecule has 1 radical (unpaired) electrons. The number of hydrogen-bond donors (Lipinski definition) is 1. The second-order valence-electron chi connectivity index (χ2n) is 5.38. The molecule has 0 aliphatic rings. The van der Waals surface area contributed by atoms with E-state index in [4.69, 9.17) is 5.73 Å². The van der Waals surface area contributed by atoms with Crippen LogP contribution in [0.2, 0.25) is 0 Å². The van der Waals surface area contributed by atoms with Crippen LogP contribution in [0.4, 0.5) is 0 Å². The van der Waals surface area contributed by atoms with Crippen LogP contribution in [-0.4, -0.2) is 6.54 Å². The van der Waals surface area contributed by atoms with Gasteiger partial charge < -0.3 is 5.73 Å². The van der Waals surface area contributed by atoms with E-state index in [-0.39, 0.29) is 17.1 Å². The summed E-state index contributed by atoms with van der Waals surface area (Å²) in [6, 6.07) is 0. The predicted molar refractivity (Wildman–Crippen MR) is 79.4 cm³/mol. The molecule has 0 saturated carbocycles. The summed E-state index contributed by atoms with van der Waals surface area (Å²) in [6.07, 6.45) is 19.9. The first kappa shape index (κ1) is 20.8. The van der Waals surface area contributed by atoms with E-state index in [9.17, 15) is 0 Å². The first-order valence-electron chi connectivity index (χ1n) is 8.12. The minimum atomic E-state index is 0. The summed E-state index contributed by atoms with van der Waals surface area (Å²) in [5, 5.41) is 0. The summed E-state index contributed by atoms with van der Waals surface area (Å²) >= 11 is 0. The maximum atomic E-state index is 5.47. The predicted octanol–water partition coefficient (Wildman–Crippen LogP) is 5.42. The second kappa shape index (κ2) is 19.8. The normalized spacial score (nSPS) is 10.3. The third-order valence-electron chi connectivity index (χ3n) is 3.56. The van der Waals surface area contributed by atoms with Gasteiger partial charge in [-0.3, -0.25) is 0 Å². The van der Waals surface area contributed by atoms with Crippen LogP contribution < -0.4 is 5.73 Å². The molecular weight excluding hydrogens is 270 g/mol. The van der Waals surface area contributed by atoms with Crippen LogP contribution in [0.25, 0.3) is 0 Å². The standard InChI is InChI=1S/C16H35N.Cu/c1-2-3-4-5-6-7-8-9-10-11-12-13-14-15-16-17;/h2-17H2,1H3;. The third-order valence-corrected chi connectivity index (χ3v) is 3.56. The van der Waals surface area contributed by atoms with Crippen molar-refractivity contribution in [3.8, 4) is 0 Å². The van der Waals surface area contributed by atoms with Gasteiger partial charge in [-0.05, 0) is 13.0 Å². The van der Waals surface area contributed by atoms with Crippen LogP contribution in [0.1, 0.15) is 96.8 Å². The van der Waals surface area contributed by atoms with Crippen LogP contribution in [0.15, 0.2) is 0 Å². The van der Waals surface area contributed by atoms with Crippen molar-refractivity contribution in [3.05, 3.63) is 0 Å². The van der Waals surface area contributed by atoms with Crippen molar-refractivity contribution < 1.29 is 17.1 Å². The van der Waals surface area contributed by atoms with E-state index in [2.05, 4.69) is 6.92 Å². The van der Waals surface area contributed by atoms with Gasteiger partial charge in [-0.25, -0.2) is 0 Å². The molecule has 115 valence electrons. The van der Waals surface area contributed by atoms with Crippen molar-refractivity contribution >= 4 is 0 Å². The van der Waals surface area contributed by atoms with E-state index < -0.39 is 0 Å². The van der Waals surface area contributed by atoms with Crippen LogP contribution in [-0.2, 0) is 17.1 Å². The molecule has 1 nitrogen and oxygen atoms in total. The summed E-state index contributed by atoms with van der Waals surface area (Å²) in [7, 11) is 0. The Hall–Kier alpha value is 0.479. The average Bonchev–Trinajstić information content (AvgIpc) is 2.35. The number of nitrogens with two attached hydrogens (primary N) is 1. The Morgan fingerprint density at radius 3 is 1.06 bits per heavy atom. The Morgan fingerprint density at radius 1 is 0.500 bits per heavy atom. The molecule has 0 saturated heterocycles. The zero-order valence-electron chi connectivity index (χ0n) is 12.5. The van der Waals surface area contributed by atoms with Crippen molar-refractivity contribution in [2.24, 2.45) is 5.73 Å². The van der Waals surface area contributed by atoms with Crippen LogP contribution in [0, 0.1) is 0 Å². The van der Waals surface area contributed by atoms with Crippen LogP contribution in [0.5, 0.6) is 0 Å². The molecule has 0 aliphatic carbocycles. The van der Waals surface area contributed by atoms with Crippen molar-refractivity contribution in [2.45, 2.75) is 96.8 Å². The fourth-order valence-corrected chi connectivity index (χ4v) is 2.34. The van der Waals surface area contributed by atoms with Gasteiger partial charge in [0.25, 0.3) is 0 Å². The number of unbranched alkanes of at least 4 members (excludes halogenated alkanes) is 13. The second-order valence-corrected chi connectivity index (χ2v) is 5.38. The van der Waals surface area contributed by atoms with Crippen molar-refractivity contribution in [1.29, 1.82) is 0 Å². The van der Waals surface area contributed by atoms with Crippen molar-refractivity contribution in [3.63, 3.8) is 0 Å². The van der Waals surface area contributed by atoms with Gasteiger partial charge in [0, 0.05) is 17.1 Å².